The second-order valence-corrected chi connectivity index (χ2v) is 10.3. The minimum atomic E-state index is -3.29. The third-order valence-corrected chi connectivity index (χ3v) is 7.40. The smallest absolute Gasteiger partial charge is 0.260 e. The molecular formula is C21H26ClN3O3S2. The van der Waals surface area contributed by atoms with E-state index in [1.54, 1.807) is 24.0 Å². The molecule has 1 amide bonds. The zero-order valence-electron chi connectivity index (χ0n) is 17.2. The van der Waals surface area contributed by atoms with E-state index in [1.165, 1.54) is 23.5 Å². The van der Waals surface area contributed by atoms with Crippen LogP contribution in [0.1, 0.15) is 23.7 Å². The number of fused-ring (bicyclic) bond motifs is 1. The Morgan fingerprint density at radius 3 is 2.30 bits per heavy atom. The first-order valence-electron chi connectivity index (χ1n) is 9.47. The first-order chi connectivity index (χ1) is 13.8. The van der Waals surface area contributed by atoms with Gasteiger partial charge in [0.15, 0.2) is 15.0 Å². The van der Waals surface area contributed by atoms with Crippen molar-refractivity contribution in [3.05, 3.63) is 54.1 Å². The van der Waals surface area contributed by atoms with Gasteiger partial charge >= 0.3 is 0 Å². The Labute approximate surface area is 187 Å². The van der Waals surface area contributed by atoms with Gasteiger partial charge in [0.05, 0.1) is 20.9 Å². The summed E-state index contributed by atoms with van der Waals surface area (Å²) in [6.07, 6.45) is 0.803. The average molecular weight is 468 g/mol. The molecule has 0 atom stereocenters. The molecule has 0 unspecified atom stereocenters. The molecule has 0 fully saturated rings. The number of anilines is 1. The number of amides is 1. The molecule has 0 radical (unpaired) electrons. The Morgan fingerprint density at radius 2 is 1.70 bits per heavy atom. The lowest BCUT2D eigenvalue weighted by Gasteiger charge is -2.21. The van der Waals surface area contributed by atoms with Gasteiger partial charge < -0.3 is 4.90 Å². The Hall–Kier alpha value is -2.00. The SMILES string of the molecule is CCS(=O)(=O)c1ccc(C(=O)N(CCCN(C)C)c2nc3ccccc3s2)cc1.Cl. The summed E-state index contributed by atoms with van der Waals surface area (Å²) in [5.74, 6) is -0.147. The van der Waals surface area contributed by atoms with Gasteiger partial charge in [-0.3, -0.25) is 9.69 Å². The molecule has 30 heavy (non-hydrogen) atoms. The normalized spacial score (nSPS) is 11.5. The van der Waals surface area contributed by atoms with E-state index < -0.39 is 9.84 Å². The van der Waals surface area contributed by atoms with E-state index in [2.05, 4.69) is 9.88 Å². The van der Waals surface area contributed by atoms with Crippen molar-refractivity contribution < 1.29 is 13.2 Å². The quantitative estimate of drug-likeness (QED) is 0.498. The molecule has 9 heteroatoms. The van der Waals surface area contributed by atoms with E-state index in [1.807, 2.05) is 38.4 Å². The molecule has 0 aliphatic rings. The van der Waals surface area contributed by atoms with Crippen LogP contribution in [0.15, 0.2) is 53.4 Å². The highest BCUT2D eigenvalue weighted by Gasteiger charge is 2.22. The fourth-order valence-corrected chi connectivity index (χ4v) is 4.81. The number of hydrogen-bond donors (Lipinski definition) is 0. The number of aromatic nitrogens is 1. The van der Waals surface area contributed by atoms with Crippen molar-refractivity contribution in [1.82, 2.24) is 9.88 Å². The molecule has 162 valence electrons. The van der Waals surface area contributed by atoms with Gasteiger partial charge in [-0.05, 0) is 63.5 Å². The van der Waals surface area contributed by atoms with Crippen LogP contribution >= 0.6 is 23.7 Å². The molecule has 0 saturated heterocycles. The second kappa shape index (κ2) is 10.3. The predicted molar refractivity (Wildman–Crippen MR) is 126 cm³/mol. The standard InChI is InChI=1S/C21H25N3O3S2.ClH/c1-4-29(26,27)17-12-10-16(11-13-17)20(25)24(15-7-14-23(2)3)21-22-18-8-5-6-9-19(18)28-21;/h5-6,8-13H,4,7,14-15H2,1-3H3;1H. The summed E-state index contributed by atoms with van der Waals surface area (Å²) in [6.45, 7) is 2.99. The van der Waals surface area contributed by atoms with Gasteiger partial charge in [-0.25, -0.2) is 13.4 Å². The number of benzene rings is 2. The minimum Gasteiger partial charge on any atom is -0.309 e. The number of sulfone groups is 1. The summed E-state index contributed by atoms with van der Waals surface area (Å²) in [5, 5.41) is 0.653. The molecule has 1 aromatic heterocycles. The van der Waals surface area contributed by atoms with Crippen LogP contribution in [0.3, 0.4) is 0 Å². The van der Waals surface area contributed by atoms with Crippen molar-refractivity contribution in [2.75, 3.05) is 37.8 Å². The van der Waals surface area contributed by atoms with Gasteiger partial charge in [0.2, 0.25) is 0 Å². The Balaban J connectivity index is 0.00000320. The molecule has 0 bridgehead atoms. The maximum absolute atomic E-state index is 13.3. The van der Waals surface area contributed by atoms with Gasteiger partial charge in [0.25, 0.3) is 5.91 Å². The number of rotatable bonds is 8. The van der Waals surface area contributed by atoms with Gasteiger partial charge in [-0.2, -0.15) is 0 Å². The van der Waals surface area contributed by atoms with Crippen LogP contribution in [0, 0.1) is 0 Å². The topological polar surface area (TPSA) is 70.6 Å². The number of halogens is 1. The van der Waals surface area contributed by atoms with Crippen LogP contribution < -0.4 is 4.90 Å². The van der Waals surface area contributed by atoms with Crippen molar-refractivity contribution in [2.45, 2.75) is 18.2 Å². The summed E-state index contributed by atoms with van der Waals surface area (Å²) in [7, 11) is 0.699. The number of carbonyl (C=O) groups is 1. The summed E-state index contributed by atoms with van der Waals surface area (Å²) < 4.78 is 25.1. The molecule has 1 heterocycles. The lowest BCUT2D eigenvalue weighted by molar-refractivity contribution is 0.0986. The van der Waals surface area contributed by atoms with Gasteiger partial charge in [0.1, 0.15) is 0 Å². The molecule has 0 aliphatic heterocycles. The van der Waals surface area contributed by atoms with E-state index in [9.17, 15) is 13.2 Å². The maximum atomic E-state index is 13.3. The first kappa shape index (κ1) is 24.3. The minimum absolute atomic E-state index is 0. The Morgan fingerprint density at radius 1 is 1.03 bits per heavy atom. The van der Waals surface area contributed by atoms with Crippen molar-refractivity contribution in [3.8, 4) is 0 Å². The number of thiazole rings is 1. The molecule has 0 spiro atoms. The average Bonchev–Trinajstić information content (AvgIpc) is 3.14. The largest absolute Gasteiger partial charge is 0.309 e. The fraction of sp³-hybridized carbons (Fsp3) is 0.333. The molecule has 3 aromatic rings. The lowest BCUT2D eigenvalue weighted by atomic mass is 10.2. The van der Waals surface area contributed by atoms with Gasteiger partial charge in [-0.15, -0.1) is 12.4 Å². The van der Waals surface area contributed by atoms with E-state index in [-0.39, 0.29) is 29.0 Å². The third kappa shape index (κ3) is 5.57. The molecule has 3 rings (SSSR count). The van der Waals surface area contributed by atoms with Crippen LogP contribution in [-0.4, -0.2) is 57.1 Å². The van der Waals surface area contributed by atoms with E-state index in [0.29, 0.717) is 17.2 Å². The Bertz CT molecular complexity index is 1060. The highest BCUT2D eigenvalue weighted by Crippen LogP contribution is 2.30. The summed E-state index contributed by atoms with van der Waals surface area (Å²) in [5.41, 5.74) is 1.31. The molecule has 6 nitrogen and oxygen atoms in total. The predicted octanol–water partition coefficient (Wildman–Crippen LogP) is 4.11. The Kier molecular flexibility index (Phi) is 8.37. The van der Waals surface area contributed by atoms with Crippen molar-refractivity contribution >= 4 is 54.8 Å². The van der Waals surface area contributed by atoms with Crippen molar-refractivity contribution in [3.63, 3.8) is 0 Å². The highest BCUT2D eigenvalue weighted by molar-refractivity contribution is 7.91. The summed E-state index contributed by atoms with van der Waals surface area (Å²) >= 11 is 1.48. The lowest BCUT2D eigenvalue weighted by Crippen LogP contribution is -2.33. The summed E-state index contributed by atoms with van der Waals surface area (Å²) in [6, 6.07) is 14.0. The number of hydrogen-bond acceptors (Lipinski definition) is 6. The zero-order valence-corrected chi connectivity index (χ0v) is 19.7. The molecule has 0 saturated carbocycles. The number of para-hydroxylation sites is 1. The van der Waals surface area contributed by atoms with Crippen LogP contribution in [0.5, 0.6) is 0 Å². The van der Waals surface area contributed by atoms with Gasteiger partial charge in [-0.1, -0.05) is 30.4 Å². The molecule has 0 N–H and O–H groups in total. The number of nitrogens with zero attached hydrogens (tertiary/aromatic N) is 3. The van der Waals surface area contributed by atoms with Crippen LogP contribution in [0.4, 0.5) is 5.13 Å². The third-order valence-electron chi connectivity index (χ3n) is 4.59. The van der Waals surface area contributed by atoms with Crippen molar-refractivity contribution in [2.24, 2.45) is 0 Å². The van der Waals surface area contributed by atoms with E-state index in [4.69, 9.17) is 0 Å². The monoisotopic (exact) mass is 467 g/mol. The van der Waals surface area contributed by atoms with Crippen LogP contribution in [-0.2, 0) is 9.84 Å². The first-order valence-corrected chi connectivity index (χ1v) is 11.9. The molecule has 2 aromatic carbocycles. The molecular weight excluding hydrogens is 442 g/mol. The van der Waals surface area contributed by atoms with E-state index in [0.717, 1.165) is 23.2 Å². The maximum Gasteiger partial charge on any atom is 0.260 e. The fourth-order valence-electron chi connectivity index (χ4n) is 2.93. The van der Waals surface area contributed by atoms with E-state index >= 15 is 0 Å². The molecule has 0 aliphatic carbocycles. The van der Waals surface area contributed by atoms with Crippen LogP contribution in [0.2, 0.25) is 0 Å². The number of carbonyl (C=O) groups excluding carboxylic acids is 1. The second-order valence-electron chi connectivity index (χ2n) is 7.01. The van der Waals surface area contributed by atoms with Crippen LogP contribution in [0.25, 0.3) is 10.2 Å². The van der Waals surface area contributed by atoms with Crippen molar-refractivity contribution in [1.29, 1.82) is 0 Å². The summed E-state index contributed by atoms with van der Waals surface area (Å²) in [4.78, 5) is 21.9. The highest BCUT2D eigenvalue weighted by atomic mass is 35.5. The zero-order chi connectivity index (χ0) is 21.0. The van der Waals surface area contributed by atoms with Gasteiger partial charge in [0, 0.05) is 12.1 Å².